The van der Waals surface area contributed by atoms with Gasteiger partial charge in [-0.15, -0.1) is 68.0 Å². The van der Waals surface area contributed by atoms with Gasteiger partial charge in [0.25, 0.3) is 0 Å². The van der Waals surface area contributed by atoms with E-state index in [1.54, 1.807) is 0 Å². The van der Waals surface area contributed by atoms with Crippen LogP contribution in [0.25, 0.3) is 71.0 Å². The summed E-state index contributed by atoms with van der Waals surface area (Å²) in [4.78, 5) is 21.1. The van der Waals surface area contributed by atoms with Crippen molar-refractivity contribution < 1.29 is 0 Å². The van der Waals surface area contributed by atoms with Crippen LogP contribution in [0.15, 0.2) is 218 Å². The zero-order valence-electron chi connectivity index (χ0n) is 52.2. The molecule has 12 rings (SSSR count). The molecule has 0 N–H and O–H groups in total. The quantitative estimate of drug-likeness (QED) is 0.0589. The Morgan fingerprint density at radius 2 is 0.477 bits per heavy atom. The predicted octanol–water partition coefficient (Wildman–Crippen LogP) is 27.5. The number of rotatable bonds is 23. The van der Waals surface area contributed by atoms with Crippen molar-refractivity contribution in [3.63, 3.8) is 0 Å². The summed E-state index contributed by atoms with van der Waals surface area (Å²) in [5.41, 5.74) is 14.3. The maximum atomic E-state index is 2.39. The second-order valence-corrected chi connectivity index (χ2v) is 31.9. The largest absolute Gasteiger partial charge is 0.311 e. The van der Waals surface area contributed by atoms with Crippen LogP contribution in [0.5, 0.6) is 0 Å². The smallest absolute Gasteiger partial charge is 0.0462 e. The van der Waals surface area contributed by atoms with E-state index in [1.165, 1.54) is 156 Å². The highest BCUT2D eigenvalue weighted by atomic mass is 32.1. The second-order valence-electron chi connectivity index (χ2n) is 25.3. The van der Waals surface area contributed by atoms with Gasteiger partial charge in [0.05, 0.1) is 0 Å². The van der Waals surface area contributed by atoms with Crippen LogP contribution in [0.4, 0.5) is 34.1 Å². The molecule has 0 radical (unpaired) electrons. The molecule has 0 spiro atoms. The number of hydrogen-bond donors (Lipinski definition) is 0. The summed E-state index contributed by atoms with van der Waals surface area (Å²) in [6, 6.07) is 82.5. The molecule has 0 aliphatic rings. The highest BCUT2D eigenvalue weighted by Crippen LogP contribution is 2.46. The van der Waals surface area contributed by atoms with Crippen molar-refractivity contribution >= 4 is 102 Å². The Kier molecular flexibility index (Phi) is 19.2. The number of nitrogens with zero attached hydrogens (tertiary/aromatic N) is 2. The van der Waals surface area contributed by atoms with Crippen LogP contribution in [0.3, 0.4) is 0 Å². The molecule has 6 aromatic carbocycles. The van der Waals surface area contributed by atoms with Gasteiger partial charge in [0, 0.05) is 92.7 Å². The fraction of sp³-hybridized carbons (Fsp3) is 0.250. The zero-order chi connectivity index (χ0) is 60.8. The summed E-state index contributed by atoms with van der Waals surface area (Å²) in [5.74, 6) is 0. The van der Waals surface area contributed by atoms with Gasteiger partial charge in [-0.05, 0) is 215 Å². The molecule has 8 heteroatoms. The molecule has 2 nitrogen and oxygen atoms in total. The van der Waals surface area contributed by atoms with Crippen LogP contribution in [-0.2, 0) is 23.7 Å². The van der Waals surface area contributed by atoms with E-state index in [1.807, 2.05) is 68.0 Å². The van der Waals surface area contributed by atoms with Crippen LogP contribution in [0.2, 0.25) is 0 Å². The number of unbranched alkanes of at least 4 members (excludes halogenated alkanes) is 6. The highest BCUT2D eigenvalue weighted by molar-refractivity contribution is 7.28. The Bertz CT molecular complexity index is 3890. The van der Waals surface area contributed by atoms with Gasteiger partial charge in [-0.1, -0.05) is 167 Å². The van der Waals surface area contributed by atoms with Crippen molar-refractivity contribution in [2.24, 2.45) is 0 Å². The minimum atomic E-state index is 0.0555. The van der Waals surface area contributed by atoms with Crippen molar-refractivity contribution in [3.8, 4) is 71.0 Å². The van der Waals surface area contributed by atoms with E-state index in [-0.39, 0.29) is 10.8 Å². The molecule has 0 atom stereocenters. The summed E-state index contributed by atoms with van der Waals surface area (Å²) >= 11 is 11.5. The number of anilines is 6. The summed E-state index contributed by atoms with van der Waals surface area (Å²) in [5, 5.41) is 0. The summed E-state index contributed by atoms with van der Waals surface area (Å²) < 4.78 is 0. The first kappa shape index (κ1) is 61.4. The molecule has 0 unspecified atom stereocenters. The summed E-state index contributed by atoms with van der Waals surface area (Å²) in [7, 11) is 0. The monoisotopic (exact) mass is 1260 g/mol. The normalized spacial score (nSPS) is 11.9. The molecule has 0 amide bonds. The van der Waals surface area contributed by atoms with Gasteiger partial charge < -0.3 is 9.80 Å². The van der Waals surface area contributed by atoms with E-state index in [0.29, 0.717) is 0 Å². The van der Waals surface area contributed by atoms with Gasteiger partial charge in [0.2, 0.25) is 0 Å². The number of benzene rings is 6. The highest BCUT2D eigenvalue weighted by Gasteiger charge is 2.21. The summed E-state index contributed by atoms with van der Waals surface area (Å²) in [6.45, 7) is 18.3. The lowest BCUT2D eigenvalue weighted by molar-refractivity contribution is 0.590. The molecule has 446 valence electrons. The van der Waals surface area contributed by atoms with E-state index < -0.39 is 0 Å². The van der Waals surface area contributed by atoms with Crippen LogP contribution < -0.4 is 9.80 Å². The minimum absolute atomic E-state index is 0.0555. The van der Waals surface area contributed by atoms with Crippen LogP contribution in [0, 0.1) is 0 Å². The van der Waals surface area contributed by atoms with Crippen molar-refractivity contribution in [1.82, 2.24) is 0 Å². The fourth-order valence-corrected chi connectivity index (χ4v) is 18.0. The van der Waals surface area contributed by atoms with Crippen LogP contribution in [-0.4, -0.2) is 0 Å². The number of hydrogen-bond acceptors (Lipinski definition) is 8. The molecule has 0 saturated heterocycles. The topological polar surface area (TPSA) is 6.48 Å². The molecular weight excluding hydrogens is 1180 g/mol. The zero-order valence-corrected chi connectivity index (χ0v) is 57.1. The van der Waals surface area contributed by atoms with Gasteiger partial charge in [0.15, 0.2) is 0 Å². The average molecular weight is 1260 g/mol. The van der Waals surface area contributed by atoms with E-state index in [4.69, 9.17) is 0 Å². The van der Waals surface area contributed by atoms with E-state index in [0.717, 1.165) is 34.1 Å². The Balaban J connectivity index is 0.767. The SMILES string of the molecule is CCCCCCc1ccc(-c2ccc(-c3ccc(-c4ccc(N(c5ccc(-c6ccc(N(c7ccc(-c8ccc(-c9ccc(-c%10ccc(CCCCCC)s%10)s9)s8)cc7)c7ccc(C(C)(C)C)cc7)cc6)cc5)c5ccc(C(C)(C)C)cc5)cc4)s3)s2)s1. The third-order valence-corrected chi connectivity index (χ3v) is 24.2. The lowest BCUT2D eigenvalue weighted by Crippen LogP contribution is -2.13. The molecule has 0 fully saturated rings. The number of thiophene rings is 6. The van der Waals surface area contributed by atoms with Crippen molar-refractivity contribution in [3.05, 3.63) is 239 Å². The van der Waals surface area contributed by atoms with E-state index in [9.17, 15) is 0 Å². The standard InChI is InChI=1S/C80H80N2S6/c1-9-11-13-15-17-67-43-45-71(83-67)73-51-53-77(87-73)75-49-47-69(85-75)57-23-35-63(36-24-57)81(65-39-27-59(28-40-65)79(3,4)5)61-31-19-55(20-32-61)56-21-33-62(34-22-56)82(66-41-29-60(30-42-66)80(6,7)8)64-37-25-58(26-38-64)70-48-50-76(86-70)78-54-52-74(88-78)72-46-44-68(84-72)18-16-14-12-10-2/h19-54H,9-18H2,1-8H3. The van der Waals surface area contributed by atoms with Gasteiger partial charge in [-0.25, -0.2) is 0 Å². The molecule has 0 saturated carbocycles. The van der Waals surface area contributed by atoms with Crippen molar-refractivity contribution in [2.75, 3.05) is 9.80 Å². The summed E-state index contributed by atoms with van der Waals surface area (Å²) in [6.07, 6.45) is 12.8. The molecule has 88 heavy (non-hydrogen) atoms. The molecular formula is C80H80N2S6. The third-order valence-electron chi connectivity index (χ3n) is 16.7. The lowest BCUT2D eigenvalue weighted by Gasteiger charge is -2.27. The first-order valence-electron chi connectivity index (χ1n) is 31.6. The lowest BCUT2D eigenvalue weighted by atomic mass is 9.87. The molecule has 0 bridgehead atoms. The van der Waals surface area contributed by atoms with Crippen LogP contribution >= 0.6 is 68.0 Å². The van der Waals surface area contributed by atoms with Crippen molar-refractivity contribution in [1.29, 1.82) is 0 Å². The number of aryl methyl sites for hydroxylation is 2. The Morgan fingerprint density at radius 1 is 0.239 bits per heavy atom. The molecule has 6 aromatic heterocycles. The second kappa shape index (κ2) is 27.5. The Hall–Kier alpha value is -6.88. The predicted molar refractivity (Wildman–Crippen MR) is 394 cm³/mol. The molecule has 0 aliphatic heterocycles. The first-order chi connectivity index (χ1) is 42.7. The van der Waals surface area contributed by atoms with Crippen molar-refractivity contribution in [2.45, 2.75) is 130 Å². The van der Waals surface area contributed by atoms with Gasteiger partial charge in [0.1, 0.15) is 0 Å². The van der Waals surface area contributed by atoms with Gasteiger partial charge in [-0.2, -0.15) is 0 Å². The third kappa shape index (κ3) is 14.4. The van der Waals surface area contributed by atoms with Crippen LogP contribution in [0.1, 0.15) is 128 Å². The molecule has 0 aliphatic carbocycles. The van der Waals surface area contributed by atoms with Gasteiger partial charge in [-0.3, -0.25) is 0 Å². The van der Waals surface area contributed by atoms with E-state index in [2.05, 4.69) is 284 Å². The average Bonchev–Trinajstić information content (AvgIpc) is 1.86. The van der Waals surface area contributed by atoms with Gasteiger partial charge >= 0.3 is 0 Å². The maximum Gasteiger partial charge on any atom is 0.0462 e. The fourth-order valence-electron chi connectivity index (χ4n) is 11.5. The minimum Gasteiger partial charge on any atom is -0.311 e. The Morgan fingerprint density at radius 3 is 0.761 bits per heavy atom. The van der Waals surface area contributed by atoms with E-state index >= 15 is 0 Å². The molecule has 6 heterocycles. The Labute approximate surface area is 548 Å². The maximum absolute atomic E-state index is 2.39. The molecule has 12 aromatic rings. The first-order valence-corrected chi connectivity index (χ1v) is 36.5.